The van der Waals surface area contributed by atoms with Crippen LogP contribution in [0.15, 0.2) is 18.2 Å². The lowest BCUT2D eigenvalue weighted by molar-refractivity contribution is -0.0671. The van der Waals surface area contributed by atoms with Crippen molar-refractivity contribution in [1.29, 1.82) is 0 Å². The minimum atomic E-state index is -0.778. The maximum absolute atomic E-state index is 12.0. The molecule has 2 saturated heterocycles. The number of methoxy groups -OCH3 is 2. The normalized spacial score (nSPS) is 18.8. The summed E-state index contributed by atoms with van der Waals surface area (Å²) in [6.07, 6.45) is 4.67. The van der Waals surface area contributed by atoms with Gasteiger partial charge in [-0.25, -0.2) is 14.4 Å². The Labute approximate surface area is 217 Å². The van der Waals surface area contributed by atoms with Crippen LogP contribution >= 0.6 is 0 Å². The lowest BCUT2D eigenvalue weighted by Crippen LogP contribution is -2.45. The molecule has 0 aliphatic carbocycles. The number of nitrogens with zero attached hydrogens (tertiary/aromatic N) is 2. The van der Waals surface area contributed by atoms with Crippen LogP contribution in [0.1, 0.15) is 67.2 Å². The van der Waals surface area contributed by atoms with E-state index in [-0.39, 0.29) is 23.0 Å². The van der Waals surface area contributed by atoms with E-state index < -0.39 is 17.5 Å². The van der Waals surface area contributed by atoms with Crippen molar-refractivity contribution in [2.45, 2.75) is 64.3 Å². The number of esters is 2. The van der Waals surface area contributed by atoms with Crippen LogP contribution in [0.25, 0.3) is 0 Å². The molecular weight excluding hydrogens is 487 g/mol. The highest BCUT2D eigenvalue weighted by atomic mass is 19.3. The van der Waals surface area contributed by atoms with Gasteiger partial charge in [-0.2, -0.15) is 0 Å². The van der Waals surface area contributed by atoms with Crippen molar-refractivity contribution < 1.29 is 42.8 Å². The summed E-state index contributed by atoms with van der Waals surface area (Å²) in [4.78, 5) is 42.2. The van der Waals surface area contributed by atoms with Crippen molar-refractivity contribution in [3.8, 4) is 5.75 Å². The van der Waals surface area contributed by atoms with Gasteiger partial charge >= 0.3 is 18.0 Å². The lowest BCUT2D eigenvalue weighted by atomic mass is 10.1. The van der Waals surface area contributed by atoms with Crippen LogP contribution in [0, 0.1) is 0 Å². The average Bonchev–Trinajstić information content (AvgIpc) is 2.87. The molecule has 0 radical (unpaired) electrons. The summed E-state index contributed by atoms with van der Waals surface area (Å²) >= 11 is 0. The number of carbonyl (C=O) groups excluding carboxylic acids is 3. The Morgan fingerprint density at radius 3 is 2.08 bits per heavy atom. The molecule has 11 heteroatoms. The van der Waals surface area contributed by atoms with Gasteiger partial charge in [0.05, 0.1) is 37.6 Å². The lowest BCUT2D eigenvalue weighted by Gasteiger charge is -2.37. The largest absolute Gasteiger partial charge is 0.465 e. The fourth-order valence-corrected chi connectivity index (χ4v) is 4.14. The predicted molar refractivity (Wildman–Crippen MR) is 133 cm³/mol. The fourth-order valence-electron chi connectivity index (χ4n) is 4.14. The Morgan fingerprint density at radius 2 is 1.54 bits per heavy atom. The maximum atomic E-state index is 12.0. The van der Waals surface area contributed by atoms with Gasteiger partial charge in [0, 0.05) is 30.2 Å². The first-order chi connectivity index (χ1) is 17.5. The standard InChI is InChI=1S/C16H30N2O3.C10H9FO5/c1-16(2,3)21-15(19)18-10-7-13(8-11-18)20-14-6-5-9-17(4)12-14;1-14-9(12)7-4-3-6(16-11)5-8(7)10(13)15-2/h13-14H,5-12H2,1-4H3;3-5H,1-2H3. The molecule has 0 saturated carbocycles. The Kier molecular flexibility index (Phi) is 11.6. The molecule has 2 aliphatic rings. The Balaban J connectivity index is 0.000000271. The minimum Gasteiger partial charge on any atom is -0.465 e. The van der Waals surface area contributed by atoms with Crippen LogP contribution in [-0.4, -0.2) is 93.1 Å². The number of likely N-dealkylation sites (tertiary alicyclic amines) is 2. The first-order valence-corrected chi connectivity index (χ1v) is 12.4. The Bertz CT molecular complexity index is 912. The van der Waals surface area contributed by atoms with Crippen LogP contribution in [-0.2, 0) is 18.9 Å². The van der Waals surface area contributed by atoms with Crippen molar-refractivity contribution in [3.05, 3.63) is 29.3 Å². The van der Waals surface area contributed by atoms with Crippen LogP contribution in [0.5, 0.6) is 5.75 Å². The van der Waals surface area contributed by atoms with Crippen LogP contribution in [0.2, 0.25) is 0 Å². The molecule has 0 bridgehead atoms. The number of hydrogen-bond donors (Lipinski definition) is 0. The zero-order valence-corrected chi connectivity index (χ0v) is 22.6. The molecule has 1 aromatic rings. The number of benzene rings is 1. The molecule has 0 aromatic heterocycles. The van der Waals surface area contributed by atoms with Crippen molar-refractivity contribution >= 4 is 18.0 Å². The highest BCUT2D eigenvalue weighted by Crippen LogP contribution is 2.22. The van der Waals surface area contributed by atoms with Gasteiger partial charge in [-0.15, -0.1) is 0 Å². The second kappa shape index (κ2) is 14.1. The molecule has 2 fully saturated rings. The molecular formula is C26H39FN2O8. The zero-order chi connectivity index (χ0) is 27.6. The summed E-state index contributed by atoms with van der Waals surface area (Å²) in [6.45, 7) is 9.40. The molecule has 1 atom stereocenters. The van der Waals surface area contributed by atoms with Gasteiger partial charge in [0.15, 0.2) is 5.75 Å². The van der Waals surface area contributed by atoms with Crippen molar-refractivity contribution in [3.63, 3.8) is 0 Å². The van der Waals surface area contributed by atoms with Gasteiger partial charge in [-0.1, -0.05) is 0 Å². The summed E-state index contributed by atoms with van der Waals surface area (Å²) in [5.74, 6) is -1.70. The van der Waals surface area contributed by atoms with E-state index in [1.165, 1.54) is 32.2 Å². The van der Waals surface area contributed by atoms with Crippen LogP contribution in [0.4, 0.5) is 9.32 Å². The summed E-state index contributed by atoms with van der Waals surface area (Å²) in [5.41, 5.74) is -0.559. The topological polar surface area (TPSA) is 104 Å². The quantitative estimate of drug-likeness (QED) is 0.416. The number of halogens is 1. The molecule has 1 aromatic carbocycles. The summed E-state index contributed by atoms with van der Waals surface area (Å²) in [7, 11) is 4.47. The summed E-state index contributed by atoms with van der Waals surface area (Å²) < 4.78 is 32.5. The van der Waals surface area contributed by atoms with E-state index in [1.54, 1.807) is 4.90 Å². The molecule has 3 rings (SSSR count). The number of hydrogen-bond acceptors (Lipinski definition) is 9. The second-order valence-electron chi connectivity index (χ2n) is 10.1. The van der Waals surface area contributed by atoms with Crippen molar-refractivity contribution in [2.24, 2.45) is 0 Å². The molecule has 2 aliphatic heterocycles. The first-order valence-electron chi connectivity index (χ1n) is 12.4. The van der Waals surface area contributed by atoms with Gasteiger partial charge in [0.25, 0.3) is 0 Å². The smallest absolute Gasteiger partial charge is 0.410 e. The number of likely N-dealkylation sites (N-methyl/N-ethyl adjacent to an activating group) is 1. The number of piperidine rings is 2. The van der Waals surface area contributed by atoms with Gasteiger partial charge in [0.2, 0.25) is 0 Å². The number of rotatable bonds is 5. The van der Waals surface area contributed by atoms with Crippen molar-refractivity contribution in [2.75, 3.05) is 47.4 Å². The Hall–Kier alpha value is -2.92. The molecule has 2 heterocycles. The van der Waals surface area contributed by atoms with E-state index in [2.05, 4.69) is 26.4 Å². The van der Waals surface area contributed by atoms with E-state index >= 15 is 0 Å². The molecule has 10 nitrogen and oxygen atoms in total. The van der Waals surface area contributed by atoms with E-state index in [4.69, 9.17) is 9.47 Å². The molecule has 1 unspecified atom stereocenters. The minimum absolute atomic E-state index is 0.0184. The highest BCUT2D eigenvalue weighted by Gasteiger charge is 2.29. The second-order valence-corrected chi connectivity index (χ2v) is 10.1. The fraction of sp³-hybridized carbons (Fsp3) is 0.654. The monoisotopic (exact) mass is 526 g/mol. The van der Waals surface area contributed by atoms with Crippen molar-refractivity contribution in [1.82, 2.24) is 9.80 Å². The van der Waals surface area contributed by atoms with E-state index in [9.17, 15) is 18.9 Å². The Morgan fingerprint density at radius 1 is 0.919 bits per heavy atom. The first kappa shape index (κ1) is 30.3. The SMILES string of the molecule is CN1CCCC(OC2CCN(C(=O)OC(C)(C)C)CC2)C1.COC(=O)c1ccc(OF)cc1C(=O)OC. The van der Waals surface area contributed by atoms with Crippen LogP contribution in [0.3, 0.4) is 0 Å². The van der Waals surface area contributed by atoms with E-state index in [0.29, 0.717) is 12.2 Å². The van der Waals surface area contributed by atoms with Gasteiger partial charge in [0.1, 0.15) is 5.60 Å². The summed E-state index contributed by atoms with van der Waals surface area (Å²) in [6, 6.07) is 3.46. The number of ether oxygens (including phenoxy) is 4. The van der Waals surface area contributed by atoms with Gasteiger partial charge in [-0.3, -0.25) is 4.94 Å². The third-order valence-corrected chi connectivity index (χ3v) is 5.95. The molecule has 37 heavy (non-hydrogen) atoms. The van der Waals surface area contributed by atoms with Gasteiger partial charge < -0.3 is 28.7 Å². The van der Waals surface area contributed by atoms with E-state index in [0.717, 1.165) is 52.1 Å². The zero-order valence-electron chi connectivity index (χ0n) is 22.6. The molecule has 1 amide bonds. The van der Waals surface area contributed by atoms with Gasteiger partial charge in [-0.05, 0) is 72.2 Å². The average molecular weight is 527 g/mol. The number of carbonyl (C=O) groups is 3. The summed E-state index contributed by atoms with van der Waals surface area (Å²) in [5, 5.41) is 0. The molecule has 0 spiro atoms. The molecule has 0 N–H and O–H groups in total. The predicted octanol–water partition coefficient (Wildman–Crippen LogP) is 4.02. The highest BCUT2D eigenvalue weighted by molar-refractivity contribution is 6.03. The molecule has 208 valence electrons. The third kappa shape index (κ3) is 9.81. The third-order valence-electron chi connectivity index (χ3n) is 5.95. The van der Waals surface area contributed by atoms with E-state index in [1.807, 2.05) is 20.8 Å². The van der Waals surface area contributed by atoms with Crippen LogP contribution < -0.4 is 4.94 Å². The maximum Gasteiger partial charge on any atom is 0.410 e. The number of amides is 1.